The van der Waals surface area contributed by atoms with Crippen LogP contribution in [-0.4, -0.2) is 15.0 Å². The number of halogens is 1. The zero-order chi connectivity index (χ0) is 15.6. The van der Waals surface area contributed by atoms with E-state index in [9.17, 15) is 0 Å². The van der Waals surface area contributed by atoms with Gasteiger partial charge in [0.05, 0.1) is 0 Å². The van der Waals surface area contributed by atoms with E-state index in [-0.39, 0.29) is 15.0 Å². The van der Waals surface area contributed by atoms with E-state index in [1.165, 1.54) is 14.3 Å². The summed E-state index contributed by atoms with van der Waals surface area (Å²) >= 11 is 6.16. The molecule has 3 aromatic carbocycles. The molecule has 0 saturated carbocycles. The molecule has 0 bridgehead atoms. The summed E-state index contributed by atoms with van der Waals surface area (Å²) in [6.07, 6.45) is 0. The van der Waals surface area contributed by atoms with E-state index in [4.69, 9.17) is 16.0 Å². The van der Waals surface area contributed by atoms with Crippen molar-refractivity contribution >= 4 is 46.5 Å². The van der Waals surface area contributed by atoms with Gasteiger partial charge in [-0.1, -0.05) is 0 Å². The average molecular weight is 384 g/mol. The number of hydrogen-bond donors (Lipinski definition) is 0. The van der Waals surface area contributed by atoms with E-state index in [0.717, 1.165) is 21.9 Å². The summed E-state index contributed by atoms with van der Waals surface area (Å²) in [5.41, 5.74) is 2.06. The molecule has 3 heteroatoms. The van der Waals surface area contributed by atoms with Gasteiger partial charge in [0.1, 0.15) is 0 Å². The standard InChI is InChI=1S/C20H13ClOSe/c21-15-10-12-16(13-11-15)23-20-17-8-4-5-9-18(17)22-19(20)14-6-2-1-3-7-14/h1-13H. The number of fused-ring (bicyclic) bond motifs is 1. The van der Waals surface area contributed by atoms with E-state index >= 15 is 0 Å². The number of hydrogen-bond acceptors (Lipinski definition) is 1. The molecule has 4 rings (SSSR count). The zero-order valence-corrected chi connectivity index (χ0v) is 14.7. The first-order valence-corrected chi connectivity index (χ1v) is 9.41. The second-order valence-electron chi connectivity index (χ2n) is 5.18. The molecule has 0 unspecified atom stereocenters. The van der Waals surface area contributed by atoms with Crippen molar-refractivity contribution in [1.82, 2.24) is 0 Å². The van der Waals surface area contributed by atoms with E-state index in [1.54, 1.807) is 0 Å². The molecule has 0 fully saturated rings. The quantitative estimate of drug-likeness (QED) is 0.478. The van der Waals surface area contributed by atoms with Crippen molar-refractivity contribution in [3.63, 3.8) is 0 Å². The third-order valence-corrected chi connectivity index (χ3v) is 6.22. The van der Waals surface area contributed by atoms with Crippen molar-refractivity contribution in [2.75, 3.05) is 0 Å². The number of furan rings is 1. The third kappa shape index (κ3) is 2.94. The topological polar surface area (TPSA) is 13.1 Å². The van der Waals surface area contributed by atoms with Gasteiger partial charge < -0.3 is 0 Å². The molecule has 23 heavy (non-hydrogen) atoms. The van der Waals surface area contributed by atoms with Crippen molar-refractivity contribution in [3.8, 4) is 11.3 Å². The van der Waals surface area contributed by atoms with Crippen molar-refractivity contribution in [2.45, 2.75) is 0 Å². The Bertz CT molecular complexity index is 942. The SMILES string of the molecule is Clc1ccc([Se]c2c(-c3ccccc3)oc3ccccc23)cc1. The average Bonchev–Trinajstić information content (AvgIpc) is 2.96. The molecule has 0 N–H and O–H groups in total. The summed E-state index contributed by atoms with van der Waals surface area (Å²) in [7, 11) is 0. The van der Waals surface area contributed by atoms with Gasteiger partial charge in [0.15, 0.2) is 0 Å². The first-order chi connectivity index (χ1) is 11.3. The zero-order valence-electron chi connectivity index (χ0n) is 12.2. The molecule has 0 saturated heterocycles. The molecule has 1 heterocycles. The summed E-state index contributed by atoms with van der Waals surface area (Å²) < 4.78 is 8.73. The van der Waals surface area contributed by atoms with Gasteiger partial charge in [0.25, 0.3) is 0 Å². The molecular weight excluding hydrogens is 371 g/mol. The maximum atomic E-state index is 6.17. The fraction of sp³-hybridized carbons (Fsp3) is 0. The van der Waals surface area contributed by atoms with Crippen LogP contribution in [0.15, 0.2) is 83.3 Å². The summed E-state index contributed by atoms with van der Waals surface area (Å²) in [5.74, 6) is 0.974. The van der Waals surface area contributed by atoms with E-state index < -0.39 is 0 Å². The molecule has 0 aliphatic carbocycles. The van der Waals surface area contributed by atoms with Crippen LogP contribution in [0.4, 0.5) is 0 Å². The third-order valence-electron chi connectivity index (χ3n) is 3.62. The second kappa shape index (κ2) is 6.25. The normalized spacial score (nSPS) is 11.0. The molecular formula is C20H13ClOSe. The molecule has 0 radical (unpaired) electrons. The van der Waals surface area contributed by atoms with Crippen LogP contribution in [0.2, 0.25) is 5.02 Å². The Morgan fingerprint density at radius 2 is 1.43 bits per heavy atom. The Hall–Kier alpha value is -1.99. The molecule has 1 nitrogen and oxygen atoms in total. The van der Waals surface area contributed by atoms with Gasteiger partial charge in [-0.05, 0) is 0 Å². The predicted molar refractivity (Wildman–Crippen MR) is 98.1 cm³/mol. The van der Waals surface area contributed by atoms with Crippen LogP contribution in [0.25, 0.3) is 22.3 Å². The van der Waals surface area contributed by atoms with Crippen LogP contribution < -0.4 is 8.92 Å². The molecule has 0 spiro atoms. The number of benzene rings is 3. The van der Waals surface area contributed by atoms with E-state index in [2.05, 4.69) is 36.4 Å². The van der Waals surface area contributed by atoms with Crippen LogP contribution in [0.3, 0.4) is 0 Å². The van der Waals surface area contributed by atoms with Crippen LogP contribution in [0.1, 0.15) is 0 Å². The Balaban J connectivity index is 1.87. The van der Waals surface area contributed by atoms with Crippen LogP contribution in [0.5, 0.6) is 0 Å². The Morgan fingerprint density at radius 3 is 2.22 bits per heavy atom. The van der Waals surface area contributed by atoms with E-state index in [1.807, 2.05) is 42.5 Å². The minimum absolute atomic E-state index is 0.155. The monoisotopic (exact) mass is 384 g/mol. The number of rotatable bonds is 3. The number of para-hydroxylation sites is 1. The van der Waals surface area contributed by atoms with Crippen molar-refractivity contribution in [1.29, 1.82) is 0 Å². The Labute approximate surface area is 146 Å². The molecule has 0 amide bonds. The van der Waals surface area contributed by atoms with Crippen LogP contribution in [-0.2, 0) is 0 Å². The summed E-state index contributed by atoms with van der Waals surface area (Å²) in [5, 5.41) is 1.96. The Morgan fingerprint density at radius 1 is 0.739 bits per heavy atom. The summed E-state index contributed by atoms with van der Waals surface area (Å²) in [6.45, 7) is 0. The summed E-state index contributed by atoms with van der Waals surface area (Å²) in [6, 6.07) is 26.6. The molecule has 1 aromatic heterocycles. The van der Waals surface area contributed by atoms with Gasteiger partial charge in [-0.25, -0.2) is 0 Å². The molecule has 0 atom stereocenters. The predicted octanol–water partition coefficient (Wildman–Crippen LogP) is 4.41. The Kier molecular flexibility index (Phi) is 3.97. The van der Waals surface area contributed by atoms with Gasteiger partial charge in [-0.15, -0.1) is 0 Å². The van der Waals surface area contributed by atoms with Crippen LogP contribution >= 0.6 is 11.6 Å². The van der Waals surface area contributed by atoms with Crippen molar-refractivity contribution in [2.24, 2.45) is 0 Å². The van der Waals surface area contributed by atoms with Gasteiger partial charge in [0.2, 0.25) is 0 Å². The summed E-state index contributed by atoms with van der Waals surface area (Å²) in [4.78, 5) is 0. The van der Waals surface area contributed by atoms with Gasteiger partial charge >= 0.3 is 146 Å². The molecule has 0 aliphatic heterocycles. The fourth-order valence-electron chi connectivity index (χ4n) is 2.52. The molecule has 0 aliphatic rings. The maximum absolute atomic E-state index is 6.17. The van der Waals surface area contributed by atoms with Gasteiger partial charge in [0, 0.05) is 0 Å². The van der Waals surface area contributed by atoms with E-state index in [0.29, 0.717) is 0 Å². The fourth-order valence-corrected chi connectivity index (χ4v) is 4.83. The molecule has 112 valence electrons. The second-order valence-corrected chi connectivity index (χ2v) is 7.89. The van der Waals surface area contributed by atoms with Crippen molar-refractivity contribution in [3.05, 3.63) is 83.9 Å². The van der Waals surface area contributed by atoms with Crippen LogP contribution in [0, 0.1) is 0 Å². The first kappa shape index (κ1) is 14.6. The van der Waals surface area contributed by atoms with Crippen molar-refractivity contribution < 1.29 is 4.42 Å². The first-order valence-electron chi connectivity index (χ1n) is 7.31. The van der Waals surface area contributed by atoms with Gasteiger partial charge in [-0.2, -0.15) is 0 Å². The minimum atomic E-state index is 0.155. The molecule has 4 aromatic rings. The van der Waals surface area contributed by atoms with Gasteiger partial charge in [-0.3, -0.25) is 0 Å².